The summed E-state index contributed by atoms with van der Waals surface area (Å²) in [6, 6.07) is 0. The molecule has 0 N–H and O–H groups in total. The van der Waals surface area contributed by atoms with E-state index in [1.54, 1.807) is 23.6 Å². The van der Waals surface area contributed by atoms with Crippen molar-refractivity contribution in [3.63, 3.8) is 0 Å². The van der Waals surface area contributed by atoms with Crippen molar-refractivity contribution in [1.29, 1.82) is 0 Å². The van der Waals surface area contributed by atoms with Gasteiger partial charge in [-0.2, -0.15) is 0 Å². The lowest BCUT2D eigenvalue weighted by atomic mass is 9.51. The van der Waals surface area contributed by atoms with Gasteiger partial charge in [-0.1, -0.05) is 66.0 Å². The van der Waals surface area contributed by atoms with E-state index >= 15 is 0 Å². The molecule has 4 aliphatic rings. The Bertz CT molecular complexity index is 804. The van der Waals surface area contributed by atoms with Gasteiger partial charge in [-0.05, 0) is 109 Å². The highest BCUT2D eigenvalue weighted by atomic mass is 16.5. The summed E-state index contributed by atoms with van der Waals surface area (Å²) < 4.78 is 5.64. The molecule has 0 aromatic heterocycles. The number of carbonyl (C=O) groups is 1. The molecule has 0 spiro atoms. The summed E-state index contributed by atoms with van der Waals surface area (Å²) in [5.74, 6) is 3.89. The molecule has 0 saturated heterocycles. The molecule has 0 aliphatic heterocycles. The number of ether oxygens (including phenoxy) is 1. The maximum atomic E-state index is 11.5. The molecule has 33 heavy (non-hydrogen) atoms. The molecule has 0 heterocycles. The Labute approximate surface area is 204 Å². The maximum absolute atomic E-state index is 11.5. The van der Waals surface area contributed by atoms with E-state index in [-0.39, 0.29) is 12.1 Å². The predicted octanol–water partition coefficient (Wildman–Crippen LogP) is 8.66. The summed E-state index contributed by atoms with van der Waals surface area (Å²) >= 11 is 0. The molecule has 186 valence electrons. The molecular weight excluding hydrogens is 404 g/mol. The van der Waals surface area contributed by atoms with Crippen molar-refractivity contribution >= 4 is 5.97 Å². The van der Waals surface area contributed by atoms with Crippen LogP contribution in [0, 0.1) is 40.4 Å². The third-order valence-corrected chi connectivity index (χ3v) is 10.9. The van der Waals surface area contributed by atoms with Gasteiger partial charge >= 0.3 is 5.97 Å². The second kappa shape index (κ2) is 9.54. The summed E-state index contributed by atoms with van der Waals surface area (Å²) in [4.78, 5) is 11.5. The topological polar surface area (TPSA) is 26.3 Å². The van der Waals surface area contributed by atoms with Gasteiger partial charge in [-0.3, -0.25) is 4.79 Å². The first-order chi connectivity index (χ1) is 15.6. The molecule has 7 atom stereocenters. The molecule has 0 amide bonds. The smallest absolute Gasteiger partial charge is 0.302 e. The molecule has 1 fully saturated rings. The minimum Gasteiger partial charge on any atom is -0.463 e. The van der Waals surface area contributed by atoms with Crippen molar-refractivity contribution in [2.45, 2.75) is 125 Å². The average molecular weight is 455 g/mol. The fraction of sp³-hybridized carbons (Fsp3) is 0.839. The fourth-order valence-corrected chi connectivity index (χ4v) is 8.74. The summed E-state index contributed by atoms with van der Waals surface area (Å²) in [5.41, 5.74) is 6.01. The highest BCUT2D eigenvalue weighted by Crippen LogP contribution is 2.64. The Morgan fingerprint density at radius 1 is 1.09 bits per heavy atom. The number of rotatable bonds is 7. The SMILES string of the molecule is CC[C@H](CC[C@@H](C)[C@H]1CC=C2C3=C(CC[C@@]21C)[C@@]1(C)CC[C@H](OC(C)=O)C[C@@H]1CC3)C(C)C. The van der Waals surface area contributed by atoms with E-state index < -0.39 is 0 Å². The lowest BCUT2D eigenvalue weighted by molar-refractivity contribution is -0.150. The molecule has 4 rings (SSSR count). The van der Waals surface area contributed by atoms with Gasteiger partial charge in [0.1, 0.15) is 6.10 Å². The number of allylic oxidation sites excluding steroid dienone is 4. The van der Waals surface area contributed by atoms with Gasteiger partial charge in [0.05, 0.1) is 0 Å². The van der Waals surface area contributed by atoms with Crippen LogP contribution in [0.15, 0.2) is 22.8 Å². The van der Waals surface area contributed by atoms with Crippen molar-refractivity contribution in [2.24, 2.45) is 40.4 Å². The molecule has 2 heteroatoms. The van der Waals surface area contributed by atoms with Gasteiger partial charge in [0.2, 0.25) is 0 Å². The van der Waals surface area contributed by atoms with E-state index in [0.29, 0.717) is 16.7 Å². The fourth-order valence-electron chi connectivity index (χ4n) is 8.74. The van der Waals surface area contributed by atoms with Gasteiger partial charge in [0.25, 0.3) is 0 Å². The normalized spacial score (nSPS) is 37.7. The number of hydrogen-bond acceptors (Lipinski definition) is 2. The minimum absolute atomic E-state index is 0.109. The number of fused-ring (bicyclic) bond motifs is 4. The van der Waals surface area contributed by atoms with Crippen LogP contribution in [0.1, 0.15) is 119 Å². The van der Waals surface area contributed by atoms with Crippen molar-refractivity contribution in [3.05, 3.63) is 22.8 Å². The lowest BCUT2D eigenvalue weighted by Gasteiger charge is -2.54. The standard InChI is InChI=1S/C31H50O2/c1-8-23(20(2)3)10-9-21(4)27-13-14-28-26-12-11-24-19-25(33-22(5)32)15-17-30(24,6)29(26)16-18-31(27,28)7/h14,20-21,23-25,27H,8-13,15-19H2,1-7H3/t21-,23-,24+,25+,27-,30+,31-/m1/s1. The zero-order chi connectivity index (χ0) is 24.0. The Kier molecular flexibility index (Phi) is 7.24. The molecule has 2 nitrogen and oxygen atoms in total. The molecule has 0 aromatic rings. The van der Waals surface area contributed by atoms with E-state index in [1.165, 1.54) is 57.8 Å². The van der Waals surface area contributed by atoms with Crippen LogP contribution in [0.5, 0.6) is 0 Å². The molecule has 0 bridgehead atoms. The van der Waals surface area contributed by atoms with Crippen LogP contribution in [-0.4, -0.2) is 12.1 Å². The van der Waals surface area contributed by atoms with E-state index in [9.17, 15) is 4.79 Å². The molecule has 0 unspecified atom stereocenters. The summed E-state index contributed by atoms with van der Waals surface area (Å²) in [6.45, 7) is 16.5. The number of esters is 1. The highest BCUT2D eigenvalue weighted by Gasteiger charge is 2.53. The summed E-state index contributed by atoms with van der Waals surface area (Å²) in [7, 11) is 0. The summed E-state index contributed by atoms with van der Waals surface area (Å²) in [5, 5.41) is 0. The Balaban J connectivity index is 1.49. The lowest BCUT2D eigenvalue weighted by Crippen LogP contribution is -2.44. The molecule has 0 radical (unpaired) electrons. The predicted molar refractivity (Wildman–Crippen MR) is 138 cm³/mol. The quantitative estimate of drug-likeness (QED) is 0.360. The zero-order valence-electron chi connectivity index (χ0n) is 22.6. The van der Waals surface area contributed by atoms with Crippen molar-refractivity contribution in [2.75, 3.05) is 0 Å². The van der Waals surface area contributed by atoms with E-state index in [2.05, 4.69) is 47.6 Å². The van der Waals surface area contributed by atoms with Crippen LogP contribution >= 0.6 is 0 Å². The third kappa shape index (κ3) is 4.50. The van der Waals surface area contributed by atoms with Gasteiger partial charge in [-0.15, -0.1) is 0 Å². The van der Waals surface area contributed by atoms with Crippen LogP contribution in [0.2, 0.25) is 0 Å². The average Bonchev–Trinajstić information content (AvgIpc) is 3.11. The van der Waals surface area contributed by atoms with Crippen LogP contribution in [0.4, 0.5) is 0 Å². The Morgan fingerprint density at radius 3 is 2.52 bits per heavy atom. The van der Waals surface area contributed by atoms with Gasteiger partial charge < -0.3 is 4.74 Å². The van der Waals surface area contributed by atoms with Crippen LogP contribution < -0.4 is 0 Å². The van der Waals surface area contributed by atoms with Crippen molar-refractivity contribution in [1.82, 2.24) is 0 Å². The number of hydrogen-bond donors (Lipinski definition) is 0. The van der Waals surface area contributed by atoms with Gasteiger partial charge in [0, 0.05) is 6.92 Å². The molecular formula is C31H50O2. The molecule has 1 saturated carbocycles. The number of carbonyl (C=O) groups excluding carboxylic acids is 1. The second-order valence-electron chi connectivity index (χ2n) is 13.0. The Morgan fingerprint density at radius 2 is 1.85 bits per heavy atom. The van der Waals surface area contributed by atoms with Crippen molar-refractivity contribution in [3.8, 4) is 0 Å². The monoisotopic (exact) mass is 454 g/mol. The summed E-state index contributed by atoms with van der Waals surface area (Å²) in [6.07, 6.45) is 16.6. The molecule has 0 aromatic carbocycles. The molecule has 4 aliphatic carbocycles. The highest BCUT2D eigenvalue weighted by molar-refractivity contribution is 5.66. The van der Waals surface area contributed by atoms with Gasteiger partial charge in [-0.25, -0.2) is 0 Å². The van der Waals surface area contributed by atoms with E-state index in [4.69, 9.17) is 4.74 Å². The first kappa shape index (κ1) is 25.1. The van der Waals surface area contributed by atoms with Crippen LogP contribution in [0.25, 0.3) is 0 Å². The van der Waals surface area contributed by atoms with Crippen LogP contribution in [-0.2, 0) is 9.53 Å². The van der Waals surface area contributed by atoms with Crippen LogP contribution in [0.3, 0.4) is 0 Å². The largest absolute Gasteiger partial charge is 0.463 e. The zero-order valence-corrected chi connectivity index (χ0v) is 22.6. The minimum atomic E-state index is -0.109. The Hall–Kier alpha value is -1.05. The first-order valence-electron chi connectivity index (χ1n) is 14.2. The van der Waals surface area contributed by atoms with Gasteiger partial charge in [0.15, 0.2) is 0 Å². The van der Waals surface area contributed by atoms with Crippen molar-refractivity contribution < 1.29 is 9.53 Å². The second-order valence-corrected chi connectivity index (χ2v) is 13.0. The van der Waals surface area contributed by atoms with E-state index in [0.717, 1.165) is 36.5 Å². The first-order valence-corrected chi connectivity index (χ1v) is 14.2. The van der Waals surface area contributed by atoms with E-state index in [1.807, 2.05) is 0 Å². The third-order valence-electron chi connectivity index (χ3n) is 10.9. The maximum Gasteiger partial charge on any atom is 0.302 e.